The Hall–Kier alpha value is -1.05. The van der Waals surface area contributed by atoms with Gasteiger partial charge in [0.05, 0.1) is 0 Å². The van der Waals surface area contributed by atoms with Crippen LogP contribution in [-0.4, -0.2) is 24.9 Å². The molecule has 0 saturated carbocycles. The summed E-state index contributed by atoms with van der Waals surface area (Å²) in [4.78, 5) is 13.1. The fraction of sp³-hybridized carbons (Fsp3) is 0.706. The summed E-state index contributed by atoms with van der Waals surface area (Å²) in [6, 6.07) is 0. The number of hydrogen-bond donors (Lipinski definition) is 0. The normalized spacial score (nSPS) is 14.2. The van der Waals surface area contributed by atoms with Crippen molar-refractivity contribution in [3.05, 3.63) is 23.8 Å². The molecular weight excluding hydrogens is 234 g/mol. The van der Waals surface area contributed by atoms with Crippen LogP contribution >= 0.6 is 0 Å². The van der Waals surface area contributed by atoms with Gasteiger partial charge in [-0.2, -0.15) is 0 Å². The summed E-state index contributed by atoms with van der Waals surface area (Å²) < 4.78 is 0. The third kappa shape index (κ3) is 10.5. The number of hydrogen-bond acceptors (Lipinski definition) is 1. The van der Waals surface area contributed by atoms with Gasteiger partial charge in [-0.05, 0) is 30.8 Å². The predicted molar refractivity (Wildman–Crippen MR) is 84.1 cm³/mol. The molecule has 0 saturated heterocycles. The van der Waals surface area contributed by atoms with Crippen LogP contribution < -0.4 is 0 Å². The lowest BCUT2D eigenvalue weighted by Crippen LogP contribution is -2.19. The monoisotopic (exact) mass is 265 g/mol. The maximum Gasteiger partial charge on any atom is 0.246 e. The molecule has 110 valence electrons. The Bertz CT molecular complexity index is 313. The van der Waals surface area contributed by atoms with Gasteiger partial charge in [0.25, 0.3) is 0 Å². The van der Waals surface area contributed by atoms with Crippen molar-refractivity contribution in [2.75, 3.05) is 14.1 Å². The molecule has 0 aromatic carbocycles. The van der Waals surface area contributed by atoms with Crippen molar-refractivity contribution < 1.29 is 4.79 Å². The molecule has 0 fully saturated rings. The van der Waals surface area contributed by atoms with Gasteiger partial charge in [-0.3, -0.25) is 4.79 Å². The van der Waals surface area contributed by atoms with E-state index in [1.807, 2.05) is 6.92 Å². The molecular formula is C17H31NO. The summed E-state index contributed by atoms with van der Waals surface area (Å²) in [6.45, 7) is 8.83. The molecule has 0 spiro atoms. The van der Waals surface area contributed by atoms with E-state index in [1.54, 1.807) is 25.1 Å². The molecule has 0 aromatic rings. The molecule has 2 nitrogen and oxygen atoms in total. The van der Waals surface area contributed by atoms with E-state index in [1.165, 1.54) is 19.3 Å². The van der Waals surface area contributed by atoms with E-state index in [2.05, 4.69) is 32.9 Å². The number of amides is 1. The summed E-state index contributed by atoms with van der Waals surface area (Å²) in [5.41, 5.74) is 1.02. The highest BCUT2D eigenvalue weighted by Gasteiger charge is 2.01. The highest BCUT2D eigenvalue weighted by Crippen LogP contribution is 2.15. The molecule has 0 heterocycles. The van der Waals surface area contributed by atoms with Crippen LogP contribution in [0, 0.1) is 11.8 Å². The maximum atomic E-state index is 11.5. The van der Waals surface area contributed by atoms with E-state index in [0.29, 0.717) is 0 Å². The zero-order chi connectivity index (χ0) is 14.8. The second-order valence-electron chi connectivity index (χ2n) is 6.19. The molecule has 0 aromatic heterocycles. The lowest BCUT2D eigenvalue weighted by atomic mass is 9.97. The first-order valence-corrected chi connectivity index (χ1v) is 7.39. The standard InChI is InChI=1S/C17H31NO/c1-14(2)9-7-10-15(3)11-8-12-16(4)13-17(19)18(5)6/h8,12-15H,7,9-11H2,1-6H3/b12-8+,16-13+. The molecule has 0 aliphatic carbocycles. The summed E-state index contributed by atoms with van der Waals surface area (Å²) in [7, 11) is 3.54. The number of carbonyl (C=O) groups is 1. The zero-order valence-electron chi connectivity index (χ0n) is 13.6. The van der Waals surface area contributed by atoms with Gasteiger partial charge in [-0.1, -0.05) is 52.2 Å². The number of allylic oxidation sites excluding steroid dienone is 3. The molecule has 19 heavy (non-hydrogen) atoms. The molecule has 1 atom stereocenters. The van der Waals surface area contributed by atoms with Crippen LogP contribution in [0.3, 0.4) is 0 Å². The summed E-state index contributed by atoms with van der Waals surface area (Å²) >= 11 is 0. The lowest BCUT2D eigenvalue weighted by molar-refractivity contribution is -0.123. The maximum absolute atomic E-state index is 11.5. The quantitative estimate of drug-likeness (QED) is 0.469. The Balaban J connectivity index is 3.97. The number of nitrogens with zero attached hydrogens (tertiary/aromatic N) is 1. The predicted octanol–water partition coefficient (Wildman–Crippen LogP) is 4.43. The van der Waals surface area contributed by atoms with Gasteiger partial charge in [0.2, 0.25) is 5.91 Å². The van der Waals surface area contributed by atoms with Gasteiger partial charge in [0.15, 0.2) is 0 Å². The molecule has 0 bridgehead atoms. The van der Waals surface area contributed by atoms with Crippen molar-refractivity contribution in [2.45, 2.75) is 53.4 Å². The Morgan fingerprint density at radius 1 is 1.16 bits per heavy atom. The molecule has 0 aliphatic heterocycles. The van der Waals surface area contributed by atoms with Gasteiger partial charge in [0, 0.05) is 20.2 Å². The third-order valence-electron chi connectivity index (χ3n) is 3.19. The minimum absolute atomic E-state index is 0.0483. The second-order valence-corrected chi connectivity index (χ2v) is 6.19. The van der Waals surface area contributed by atoms with Crippen molar-refractivity contribution in [1.82, 2.24) is 4.90 Å². The Labute approximate surface area is 119 Å². The minimum atomic E-state index is 0.0483. The first-order valence-electron chi connectivity index (χ1n) is 7.39. The lowest BCUT2D eigenvalue weighted by Gasteiger charge is -2.10. The summed E-state index contributed by atoms with van der Waals surface area (Å²) in [5, 5.41) is 0. The number of rotatable bonds is 8. The van der Waals surface area contributed by atoms with Crippen LogP contribution in [0.2, 0.25) is 0 Å². The Morgan fingerprint density at radius 2 is 1.79 bits per heavy atom. The van der Waals surface area contributed by atoms with Crippen LogP contribution in [0.15, 0.2) is 23.8 Å². The van der Waals surface area contributed by atoms with Crippen molar-refractivity contribution in [2.24, 2.45) is 11.8 Å². The first-order chi connectivity index (χ1) is 8.82. The highest BCUT2D eigenvalue weighted by atomic mass is 16.2. The third-order valence-corrected chi connectivity index (χ3v) is 3.19. The number of likely N-dealkylation sites (N-methyl/N-ethyl adjacent to an activating group) is 1. The molecule has 1 unspecified atom stereocenters. The van der Waals surface area contributed by atoms with E-state index >= 15 is 0 Å². The van der Waals surface area contributed by atoms with E-state index in [0.717, 1.165) is 23.8 Å². The average Bonchev–Trinajstić information content (AvgIpc) is 2.28. The van der Waals surface area contributed by atoms with E-state index in [-0.39, 0.29) is 5.91 Å². The molecule has 0 rings (SSSR count). The topological polar surface area (TPSA) is 20.3 Å². The Kier molecular flexibility index (Phi) is 9.28. The Morgan fingerprint density at radius 3 is 2.32 bits per heavy atom. The molecule has 2 heteroatoms. The van der Waals surface area contributed by atoms with Crippen LogP contribution in [0.4, 0.5) is 0 Å². The van der Waals surface area contributed by atoms with Gasteiger partial charge >= 0.3 is 0 Å². The van der Waals surface area contributed by atoms with Crippen molar-refractivity contribution in [3.8, 4) is 0 Å². The molecule has 0 radical (unpaired) electrons. The highest BCUT2D eigenvalue weighted by molar-refractivity contribution is 5.88. The van der Waals surface area contributed by atoms with Crippen molar-refractivity contribution in [1.29, 1.82) is 0 Å². The smallest absolute Gasteiger partial charge is 0.246 e. The minimum Gasteiger partial charge on any atom is -0.345 e. The van der Waals surface area contributed by atoms with Crippen LogP contribution in [0.1, 0.15) is 53.4 Å². The second kappa shape index (κ2) is 9.82. The van der Waals surface area contributed by atoms with E-state index in [9.17, 15) is 4.79 Å². The van der Waals surface area contributed by atoms with Crippen molar-refractivity contribution in [3.63, 3.8) is 0 Å². The molecule has 1 amide bonds. The van der Waals surface area contributed by atoms with E-state index in [4.69, 9.17) is 0 Å². The largest absolute Gasteiger partial charge is 0.345 e. The van der Waals surface area contributed by atoms with Gasteiger partial charge < -0.3 is 4.90 Å². The number of carbonyl (C=O) groups excluding carboxylic acids is 1. The summed E-state index contributed by atoms with van der Waals surface area (Å²) in [6.07, 6.45) is 11.0. The average molecular weight is 265 g/mol. The fourth-order valence-electron chi connectivity index (χ4n) is 1.85. The first kappa shape index (κ1) is 17.9. The summed E-state index contributed by atoms with van der Waals surface area (Å²) in [5.74, 6) is 1.59. The van der Waals surface area contributed by atoms with Gasteiger partial charge in [-0.25, -0.2) is 0 Å². The zero-order valence-corrected chi connectivity index (χ0v) is 13.6. The van der Waals surface area contributed by atoms with Gasteiger partial charge in [-0.15, -0.1) is 0 Å². The van der Waals surface area contributed by atoms with Gasteiger partial charge in [0.1, 0.15) is 0 Å². The van der Waals surface area contributed by atoms with Crippen molar-refractivity contribution >= 4 is 5.91 Å². The van der Waals surface area contributed by atoms with E-state index < -0.39 is 0 Å². The van der Waals surface area contributed by atoms with Crippen LogP contribution in [0.25, 0.3) is 0 Å². The fourth-order valence-corrected chi connectivity index (χ4v) is 1.85. The SMILES string of the molecule is CC(/C=C/CC(C)CCCC(C)C)=C\C(=O)N(C)C. The van der Waals surface area contributed by atoms with Crippen LogP contribution in [0.5, 0.6) is 0 Å². The molecule has 0 N–H and O–H groups in total. The molecule has 0 aliphatic rings. The van der Waals surface area contributed by atoms with Crippen LogP contribution in [-0.2, 0) is 4.79 Å².